The van der Waals surface area contributed by atoms with E-state index in [0.29, 0.717) is 9.09 Å². The Balaban J connectivity index is 2.26. The van der Waals surface area contributed by atoms with Crippen LogP contribution >= 0.6 is 22.6 Å². The van der Waals surface area contributed by atoms with Crippen molar-refractivity contribution in [3.8, 4) is 5.75 Å². The second kappa shape index (κ2) is 5.80. The summed E-state index contributed by atoms with van der Waals surface area (Å²) in [6.07, 6.45) is 1.21. The number of benzene rings is 2. The predicted molar refractivity (Wildman–Crippen MR) is 93.2 cm³/mol. The average Bonchev–Trinajstić information content (AvgIpc) is 2.47. The summed E-state index contributed by atoms with van der Waals surface area (Å²) in [4.78, 5) is 12.2. The van der Waals surface area contributed by atoms with Gasteiger partial charge < -0.3 is 15.0 Å². The van der Waals surface area contributed by atoms with Gasteiger partial charge in [-0.25, -0.2) is 8.78 Å². The number of halogens is 3. The van der Waals surface area contributed by atoms with Gasteiger partial charge in [-0.15, -0.1) is 0 Å². The van der Waals surface area contributed by atoms with Gasteiger partial charge in [0, 0.05) is 10.6 Å². The zero-order chi connectivity index (χ0) is 16.7. The van der Waals surface area contributed by atoms with Crippen LogP contribution in [0.1, 0.15) is 0 Å². The highest BCUT2D eigenvalue weighted by Gasteiger charge is 2.14. The topological polar surface area (TPSA) is 54.3 Å². The fraction of sp³-hybridized carbons (Fsp3) is 0.0625. The van der Waals surface area contributed by atoms with Crippen LogP contribution in [0.2, 0.25) is 0 Å². The molecule has 0 aliphatic rings. The van der Waals surface area contributed by atoms with E-state index in [9.17, 15) is 18.7 Å². The summed E-state index contributed by atoms with van der Waals surface area (Å²) in [6, 6.07) is 6.79. The molecule has 0 saturated heterocycles. The SMILES string of the molecule is Cn1cc(O)c(=O)c2c(Nc3ccc(I)cc3F)cc(F)cc21. The van der Waals surface area contributed by atoms with Gasteiger partial charge in [0.05, 0.1) is 28.5 Å². The summed E-state index contributed by atoms with van der Waals surface area (Å²) >= 11 is 1.97. The van der Waals surface area contributed by atoms with Crippen LogP contribution in [0, 0.1) is 15.2 Å². The number of fused-ring (bicyclic) bond motifs is 1. The van der Waals surface area contributed by atoms with Crippen molar-refractivity contribution in [2.45, 2.75) is 0 Å². The van der Waals surface area contributed by atoms with Crippen LogP contribution in [0.3, 0.4) is 0 Å². The minimum atomic E-state index is -0.647. The maximum absolute atomic E-state index is 14.0. The molecule has 0 saturated carbocycles. The number of aromatic nitrogens is 1. The van der Waals surface area contributed by atoms with E-state index in [0.717, 1.165) is 6.07 Å². The van der Waals surface area contributed by atoms with Crippen LogP contribution in [0.4, 0.5) is 20.2 Å². The smallest absolute Gasteiger partial charge is 0.233 e. The maximum Gasteiger partial charge on any atom is 0.233 e. The molecule has 1 heterocycles. The normalized spacial score (nSPS) is 11.0. The van der Waals surface area contributed by atoms with Gasteiger partial charge in [-0.05, 0) is 52.9 Å². The number of nitrogens with zero attached hydrogens (tertiary/aromatic N) is 1. The monoisotopic (exact) mass is 428 g/mol. The standard InChI is InChI=1S/C16H11F2IN2O2/c1-21-7-14(22)16(23)15-12(4-8(17)5-13(15)21)20-11-3-2-9(19)6-10(11)18/h2-7,20,22H,1H3. The minimum absolute atomic E-state index is 0.0897. The van der Waals surface area contributed by atoms with Crippen molar-refractivity contribution in [2.24, 2.45) is 7.05 Å². The molecule has 0 radical (unpaired) electrons. The highest BCUT2D eigenvalue weighted by molar-refractivity contribution is 14.1. The van der Waals surface area contributed by atoms with Gasteiger partial charge in [-0.1, -0.05) is 0 Å². The summed E-state index contributed by atoms with van der Waals surface area (Å²) in [5.74, 6) is -1.56. The lowest BCUT2D eigenvalue weighted by molar-refractivity contribution is 0.466. The highest BCUT2D eigenvalue weighted by atomic mass is 127. The number of hydrogen-bond acceptors (Lipinski definition) is 3. The molecule has 0 bridgehead atoms. The van der Waals surface area contributed by atoms with E-state index in [-0.39, 0.29) is 16.8 Å². The van der Waals surface area contributed by atoms with Crippen molar-refractivity contribution in [1.82, 2.24) is 4.57 Å². The molecule has 4 nitrogen and oxygen atoms in total. The van der Waals surface area contributed by atoms with Gasteiger partial charge >= 0.3 is 0 Å². The molecule has 0 fully saturated rings. The Kier molecular flexibility index (Phi) is 3.97. The molecule has 118 valence electrons. The van der Waals surface area contributed by atoms with Gasteiger partial charge in [0.2, 0.25) is 5.43 Å². The first-order valence-corrected chi connectivity index (χ1v) is 7.68. The second-order valence-corrected chi connectivity index (χ2v) is 6.30. The fourth-order valence-electron chi connectivity index (χ4n) is 2.38. The Morgan fingerprint density at radius 1 is 1.17 bits per heavy atom. The number of nitrogens with one attached hydrogen (secondary N) is 1. The molecular weight excluding hydrogens is 417 g/mol. The van der Waals surface area contributed by atoms with Crippen molar-refractivity contribution in [1.29, 1.82) is 0 Å². The summed E-state index contributed by atoms with van der Waals surface area (Å²) in [5, 5.41) is 12.5. The van der Waals surface area contributed by atoms with Crippen molar-refractivity contribution in [3.05, 3.63) is 62.0 Å². The van der Waals surface area contributed by atoms with E-state index in [1.807, 2.05) is 22.6 Å². The molecule has 0 aliphatic carbocycles. The van der Waals surface area contributed by atoms with Crippen molar-refractivity contribution < 1.29 is 13.9 Å². The predicted octanol–water partition coefficient (Wildman–Crippen LogP) is 3.87. The van der Waals surface area contributed by atoms with E-state index in [1.54, 1.807) is 13.1 Å². The number of aromatic hydroxyl groups is 1. The molecule has 3 rings (SSSR count). The molecule has 7 heteroatoms. The minimum Gasteiger partial charge on any atom is -0.503 e. The van der Waals surface area contributed by atoms with E-state index >= 15 is 0 Å². The van der Waals surface area contributed by atoms with Crippen LogP contribution in [-0.2, 0) is 7.05 Å². The van der Waals surface area contributed by atoms with E-state index in [4.69, 9.17) is 0 Å². The number of anilines is 2. The molecule has 0 unspecified atom stereocenters. The Bertz CT molecular complexity index is 986. The van der Waals surface area contributed by atoms with Gasteiger partial charge in [0.1, 0.15) is 11.6 Å². The fourth-order valence-corrected chi connectivity index (χ4v) is 2.84. The van der Waals surface area contributed by atoms with Crippen molar-refractivity contribution in [3.63, 3.8) is 0 Å². The first-order valence-electron chi connectivity index (χ1n) is 6.61. The first-order chi connectivity index (χ1) is 10.9. The lowest BCUT2D eigenvalue weighted by atomic mass is 10.1. The zero-order valence-corrected chi connectivity index (χ0v) is 14.1. The molecule has 0 amide bonds. The van der Waals surface area contributed by atoms with Gasteiger partial charge in [-0.3, -0.25) is 4.79 Å². The van der Waals surface area contributed by atoms with Crippen LogP contribution in [-0.4, -0.2) is 9.67 Å². The van der Waals surface area contributed by atoms with E-state index in [2.05, 4.69) is 5.32 Å². The van der Waals surface area contributed by atoms with Gasteiger partial charge in [-0.2, -0.15) is 0 Å². The summed E-state index contributed by atoms with van der Waals surface area (Å²) in [6.45, 7) is 0. The largest absolute Gasteiger partial charge is 0.503 e. The van der Waals surface area contributed by atoms with Crippen LogP contribution in [0.15, 0.2) is 41.3 Å². The summed E-state index contributed by atoms with van der Waals surface area (Å²) in [5.41, 5.74) is -0.146. The third-order valence-corrected chi connectivity index (χ3v) is 4.11. The molecular formula is C16H11F2IN2O2. The number of hydrogen-bond donors (Lipinski definition) is 2. The van der Waals surface area contributed by atoms with E-state index < -0.39 is 22.8 Å². The molecule has 0 atom stereocenters. The lowest BCUT2D eigenvalue weighted by Crippen LogP contribution is -2.10. The first kappa shape index (κ1) is 15.7. The third kappa shape index (κ3) is 2.88. The van der Waals surface area contributed by atoms with E-state index in [1.165, 1.54) is 29.0 Å². The number of pyridine rings is 1. The maximum atomic E-state index is 14.0. The second-order valence-electron chi connectivity index (χ2n) is 5.05. The van der Waals surface area contributed by atoms with Crippen LogP contribution < -0.4 is 10.7 Å². The quantitative estimate of drug-likeness (QED) is 0.610. The molecule has 23 heavy (non-hydrogen) atoms. The van der Waals surface area contributed by atoms with Gasteiger partial charge in [0.15, 0.2) is 5.75 Å². The van der Waals surface area contributed by atoms with Crippen LogP contribution in [0.25, 0.3) is 10.9 Å². The Morgan fingerprint density at radius 2 is 1.91 bits per heavy atom. The van der Waals surface area contributed by atoms with Crippen molar-refractivity contribution in [2.75, 3.05) is 5.32 Å². The van der Waals surface area contributed by atoms with Gasteiger partial charge in [0.25, 0.3) is 0 Å². The molecule has 2 N–H and O–H groups in total. The van der Waals surface area contributed by atoms with Crippen LogP contribution in [0.5, 0.6) is 5.75 Å². The summed E-state index contributed by atoms with van der Waals surface area (Å²) in [7, 11) is 1.58. The Labute approximate surface area is 143 Å². The molecule has 0 aliphatic heterocycles. The average molecular weight is 428 g/mol. The Morgan fingerprint density at radius 3 is 2.61 bits per heavy atom. The molecule has 0 spiro atoms. The molecule has 3 aromatic rings. The third-order valence-electron chi connectivity index (χ3n) is 3.44. The highest BCUT2D eigenvalue weighted by Crippen LogP contribution is 2.28. The molecule has 2 aromatic carbocycles. The number of rotatable bonds is 2. The number of aryl methyl sites for hydroxylation is 1. The Hall–Kier alpha value is -2.16. The van der Waals surface area contributed by atoms with Crippen molar-refractivity contribution >= 4 is 44.9 Å². The zero-order valence-electron chi connectivity index (χ0n) is 11.9. The summed E-state index contributed by atoms with van der Waals surface area (Å²) < 4.78 is 30.0. The lowest BCUT2D eigenvalue weighted by Gasteiger charge is -2.13. The molecule has 1 aromatic heterocycles.